The fraction of sp³-hybridized carbons (Fsp3) is 0.500. The number of ether oxygens (including phenoxy) is 1. The van der Waals surface area contributed by atoms with Crippen molar-refractivity contribution in [2.45, 2.75) is 33.0 Å². The molecule has 1 unspecified atom stereocenters. The van der Waals surface area contributed by atoms with Gasteiger partial charge in [-0.15, -0.1) is 0 Å². The van der Waals surface area contributed by atoms with Gasteiger partial charge in [0, 0.05) is 5.56 Å². The maximum Gasteiger partial charge on any atom is 0.405 e. The summed E-state index contributed by atoms with van der Waals surface area (Å²) in [4.78, 5) is 36.0. The molecule has 28 heavy (non-hydrogen) atoms. The van der Waals surface area contributed by atoms with Crippen molar-refractivity contribution in [3.63, 3.8) is 0 Å². The van der Waals surface area contributed by atoms with Gasteiger partial charge < -0.3 is 20.7 Å². The van der Waals surface area contributed by atoms with Gasteiger partial charge in [0.25, 0.3) is 5.91 Å². The number of hydrogen-bond donors (Lipinski definition) is 3. The molecular weight excluding hydrogens is 379 g/mol. The predicted octanol–water partition coefficient (Wildman–Crippen LogP) is 1.63. The van der Waals surface area contributed by atoms with Crippen LogP contribution in [-0.2, 0) is 9.59 Å². The zero-order valence-corrected chi connectivity index (χ0v) is 15.9. The number of hydrogen-bond acceptors (Lipinski definition) is 4. The Bertz CT molecular complexity index is 676. The number of carbonyl (C=O) groups is 3. The fourth-order valence-electron chi connectivity index (χ4n) is 2.17. The van der Waals surface area contributed by atoms with Crippen molar-refractivity contribution in [3.05, 3.63) is 29.8 Å². The topological polar surface area (TPSA) is 96.5 Å². The Morgan fingerprint density at radius 1 is 1.07 bits per heavy atom. The Labute approximate surface area is 161 Å². The lowest BCUT2D eigenvalue weighted by Crippen LogP contribution is -2.51. The van der Waals surface area contributed by atoms with Gasteiger partial charge in [0.15, 0.2) is 0 Å². The monoisotopic (exact) mass is 403 g/mol. The van der Waals surface area contributed by atoms with Crippen LogP contribution < -0.4 is 20.7 Å². The third-order valence-electron chi connectivity index (χ3n) is 3.57. The first-order valence-electron chi connectivity index (χ1n) is 8.68. The highest BCUT2D eigenvalue weighted by Crippen LogP contribution is 2.13. The number of nitrogens with one attached hydrogen (secondary N) is 3. The highest BCUT2D eigenvalue weighted by molar-refractivity contribution is 5.98. The van der Waals surface area contributed by atoms with E-state index in [1.807, 2.05) is 6.92 Å². The van der Waals surface area contributed by atoms with E-state index in [9.17, 15) is 27.6 Å². The predicted molar refractivity (Wildman–Crippen MR) is 95.8 cm³/mol. The van der Waals surface area contributed by atoms with Gasteiger partial charge in [-0.25, -0.2) is 0 Å². The first kappa shape index (κ1) is 23.3. The van der Waals surface area contributed by atoms with E-state index in [4.69, 9.17) is 4.74 Å². The molecule has 0 aliphatic rings. The number of amides is 3. The average molecular weight is 403 g/mol. The molecule has 156 valence electrons. The minimum Gasteiger partial charge on any atom is -0.494 e. The Balaban J connectivity index is 2.62. The van der Waals surface area contributed by atoms with E-state index < -0.39 is 43.0 Å². The molecule has 0 aromatic heterocycles. The van der Waals surface area contributed by atoms with Crippen LogP contribution in [0.2, 0.25) is 0 Å². The van der Waals surface area contributed by atoms with E-state index in [-0.39, 0.29) is 5.92 Å². The molecular formula is C18H24F3N3O4. The van der Waals surface area contributed by atoms with Crippen molar-refractivity contribution in [3.8, 4) is 5.75 Å². The summed E-state index contributed by atoms with van der Waals surface area (Å²) in [5.74, 6) is -1.87. The second-order valence-corrected chi connectivity index (χ2v) is 6.26. The first-order chi connectivity index (χ1) is 13.0. The molecule has 0 saturated heterocycles. The van der Waals surface area contributed by atoms with Gasteiger partial charge in [-0.3, -0.25) is 14.4 Å². The number of alkyl halides is 3. The second-order valence-electron chi connectivity index (χ2n) is 6.26. The molecule has 1 aromatic rings. The molecule has 0 heterocycles. The summed E-state index contributed by atoms with van der Waals surface area (Å²) in [7, 11) is 0. The highest BCUT2D eigenvalue weighted by Gasteiger charge is 2.28. The van der Waals surface area contributed by atoms with Crippen LogP contribution in [0, 0.1) is 5.92 Å². The van der Waals surface area contributed by atoms with E-state index >= 15 is 0 Å². The van der Waals surface area contributed by atoms with Gasteiger partial charge in [-0.05, 0) is 37.1 Å². The van der Waals surface area contributed by atoms with Crippen LogP contribution in [0.25, 0.3) is 0 Å². The molecule has 7 nitrogen and oxygen atoms in total. The minimum absolute atomic E-state index is 0.310. The highest BCUT2D eigenvalue weighted by atomic mass is 19.4. The van der Waals surface area contributed by atoms with Crippen molar-refractivity contribution < 1.29 is 32.3 Å². The quantitative estimate of drug-likeness (QED) is 0.584. The summed E-state index contributed by atoms with van der Waals surface area (Å²) in [6.07, 6.45) is -4.54. The van der Waals surface area contributed by atoms with Crippen molar-refractivity contribution >= 4 is 17.7 Å². The Kier molecular flexibility index (Phi) is 8.75. The molecule has 3 amide bonds. The maximum atomic E-state index is 12.3. The van der Waals surface area contributed by atoms with Crippen molar-refractivity contribution in [2.75, 3.05) is 19.7 Å². The number of carbonyl (C=O) groups excluding carboxylic acids is 3. The molecule has 1 aromatic carbocycles. The van der Waals surface area contributed by atoms with Gasteiger partial charge in [0.2, 0.25) is 11.8 Å². The fourth-order valence-corrected chi connectivity index (χ4v) is 2.17. The molecule has 0 bridgehead atoms. The molecule has 0 radical (unpaired) electrons. The van der Waals surface area contributed by atoms with Crippen LogP contribution in [0.15, 0.2) is 24.3 Å². The summed E-state index contributed by atoms with van der Waals surface area (Å²) >= 11 is 0. The van der Waals surface area contributed by atoms with Crippen molar-refractivity contribution in [1.82, 2.24) is 16.0 Å². The Morgan fingerprint density at radius 3 is 2.18 bits per heavy atom. The molecule has 0 fully saturated rings. The zero-order chi connectivity index (χ0) is 21.3. The van der Waals surface area contributed by atoms with Crippen LogP contribution >= 0.6 is 0 Å². The number of benzene rings is 1. The molecule has 10 heteroatoms. The molecule has 1 atom stereocenters. The van der Waals surface area contributed by atoms with Gasteiger partial charge in [0.1, 0.15) is 18.3 Å². The summed E-state index contributed by atoms with van der Waals surface area (Å²) in [5.41, 5.74) is 0.310. The molecule has 0 aliphatic carbocycles. The van der Waals surface area contributed by atoms with Gasteiger partial charge >= 0.3 is 6.18 Å². The molecule has 0 saturated carbocycles. The van der Waals surface area contributed by atoms with Crippen LogP contribution in [-0.4, -0.2) is 49.6 Å². The Hall–Kier alpha value is -2.78. The molecule has 0 spiro atoms. The van der Waals surface area contributed by atoms with Gasteiger partial charge in [-0.1, -0.05) is 13.8 Å². The van der Waals surface area contributed by atoms with Crippen molar-refractivity contribution in [2.24, 2.45) is 5.92 Å². The largest absolute Gasteiger partial charge is 0.494 e. The van der Waals surface area contributed by atoms with Crippen LogP contribution in [0.1, 0.15) is 31.1 Å². The number of rotatable bonds is 9. The van der Waals surface area contributed by atoms with E-state index in [1.165, 1.54) is 0 Å². The van der Waals surface area contributed by atoms with Crippen LogP contribution in [0.5, 0.6) is 5.75 Å². The minimum atomic E-state index is -4.54. The van der Waals surface area contributed by atoms with Crippen LogP contribution in [0.3, 0.4) is 0 Å². The SMILES string of the molecule is CCOc1ccc(C(=O)NC(C(=O)NCC(=O)NCC(F)(F)F)C(C)C)cc1. The lowest BCUT2D eigenvalue weighted by atomic mass is 10.0. The summed E-state index contributed by atoms with van der Waals surface area (Å²) in [6.45, 7) is 3.58. The zero-order valence-electron chi connectivity index (χ0n) is 15.9. The third kappa shape index (κ3) is 8.28. The molecule has 0 aliphatic heterocycles. The van der Waals surface area contributed by atoms with E-state index in [2.05, 4.69) is 10.6 Å². The van der Waals surface area contributed by atoms with Crippen LogP contribution in [0.4, 0.5) is 13.2 Å². The lowest BCUT2D eigenvalue weighted by Gasteiger charge is -2.21. The van der Waals surface area contributed by atoms with E-state index in [0.29, 0.717) is 17.9 Å². The van der Waals surface area contributed by atoms with E-state index in [0.717, 1.165) is 0 Å². The van der Waals surface area contributed by atoms with Crippen molar-refractivity contribution in [1.29, 1.82) is 0 Å². The Morgan fingerprint density at radius 2 is 1.68 bits per heavy atom. The van der Waals surface area contributed by atoms with Gasteiger partial charge in [-0.2, -0.15) is 13.2 Å². The van der Waals surface area contributed by atoms with E-state index in [1.54, 1.807) is 43.4 Å². The summed E-state index contributed by atoms with van der Waals surface area (Å²) in [5, 5.41) is 6.44. The smallest absolute Gasteiger partial charge is 0.405 e. The average Bonchev–Trinajstić information content (AvgIpc) is 2.62. The maximum absolute atomic E-state index is 12.3. The third-order valence-corrected chi connectivity index (χ3v) is 3.57. The summed E-state index contributed by atoms with van der Waals surface area (Å²) in [6, 6.07) is 5.36. The normalized spacial score (nSPS) is 12.2. The standard InChI is InChI=1S/C18H24F3N3O4/c1-4-28-13-7-5-12(6-8-13)16(26)24-15(11(2)3)17(27)22-9-14(25)23-10-18(19,20)21/h5-8,11,15H,4,9-10H2,1-3H3,(H,22,27)(H,23,25)(H,24,26). The lowest BCUT2D eigenvalue weighted by molar-refractivity contribution is -0.138. The number of halogens is 3. The van der Waals surface area contributed by atoms with Gasteiger partial charge in [0.05, 0.1) is 13.2 Å². The molecule has 1 rings (SSSR count). The summed E-state index contributed by atoms with van der Waals surface area (Å²) < 4.78 is 41.5. The first-order valence-corrected chi connectivity index (χ1v) is 8.68. The second kappa shape index (κ2) is 10.5. The molecule has 3 N–H and O–H groups in total.